The molecule has 0 aliphatic carbocycles. The molecule has 0 unspecified atom stereocenters. The van der Waals surface area contributed by atoms with Crippen molar-refractivity contribution in [3.05, 3.63) is 29.3 Å². The zero-order chi connectivity index (χ0) is 10.9. The third-order valence-electron chi connectivity index (χ3n) is 1.49. The molecule has 1 rings (SSSR count). The van der Waals surface area contributed by atoms with Crippen LogP contribution in [0, 0.1) is 0 Å². The third-order valence-corrected chi connectivity index (χ3v) is 1.71. The normalized spacial score (nSPS) is 11.4. The van der Waals surface area contributed by atoms with Gasteiger partial charge in [-0.15, -0.1) is 0 Å². The molecule has 0 aliphatic heterocycles. The van der Waals surface area contributed by atoms with Crippen molar-refractivity contribution in [2.75, 3.05) is 0 Å². The van der Waals surface area contributed by atoms with Gasteiger partial charge in [0.1, 0.15) is 0 Å². The van der Waals surface area contributed by atoms with Crippen molar-refractivity contribution in [1.82, 2.24) is 0 Å². The molecule has 1 aromatic carbocycles. The van der Waals surface area contributed by atoms with Gasteiger partial charge >= 0.3 is 6.18 Å². The molecular weight excluding hydrogens is 221 g/mol. The van der Waals surface area contributed by atoms with Gasteiger partial charge in [0.25, 0.3) is 11.0 Å². The molecule has 2 nitrogen and oxygen atoms in total. The van der Waals surface area contributed by atoms with E-state index in [1.165, 1.54) is 0 Å². The van der Waals surface area contributed by atoms with Crippen molar-refractivity contribution >= 4 is 16.8 Å². The average Bonchev–Trinajstić information content (AvgIpc) is 2.01. The molecule has 14 heavy (non-hydrogen) atoms. The molecular formula is C8H5ClF3O2+. The Bertz CT molecular complexity index is 373. The van der Waals surface area contributed by atoms with Crippen LogP contribution in [-0.4, -0.2) is 10.3 Å². The molecule has 1 aromatic rings. The Hall–Kier alpha value is -1.23. The molecule has 0 spiro atoms. The number of carbonyl (C=O) groups is 1. The van der Waals surface area contributed by atoms with Gasteiger partial charge in [0.15, 0.2) is 0 Å². The summed E-state index contributed by atoms with van der Waals surface area (Å²) in [7, 11) is 0. The van der Waals surface area contributed by atoms with Crippen LogP contribution in [0.3, 0.4) is 0 Å². The Morgan fingerprint density at radius 1 is 1.29 bits per heavy atom. The Kier molecular flexibility index (Phi) is 2.71. The minimum atomic E-state index is -4.57. The van der Waals surface area contributed by atoms with E-state index in [9.17, 15) is 18.0 Å². The number of alkyl halides is 3. The van der Waals surface area contributed by atoms with Crippen molar-refractivity contribution in [2.24, 2.45) is 0 Å². The van der Waals surface area contributed by atoms with E-state index in [1.54, 1.807) is 0 Å². The SMILES string of the molecule is O=C(Cl)c1cc([OH2+])cc(C(F)(F)F)c1. The molecule has 2 N–H and O–H groups in total. The Labute approximate surface area is 81.9 Å². The highest BCUT2D eigenvalue weighted by Crippen LogP contribution is 2.32. The van der Waals surface area contributed by atoms with Crippen molar-refractivity contribution in [3.63, 3.8) is 0 Å². The standard InChI is InChI=1S/C8H4ClF3O2/c9-7(14)4-1-5(8(10,11)12)3-6(13)2-4/h1-3,13H/p+1. The summed E-state index contributed by atoms with van der Waals surface area (Å²) in [6.07, 6.45) is -4.57. The van der Waals surface area contributed by atoms with Crippen LogP contribution in [0.5, 0.6) is 5.75 Å². The summed E-state index contributed by atoms with van der Waals surface area (Å²) in [4.78, 5) is 10.6. The first-order valence-corrected chi connectivity index (χ1v) is 3.82. The quantitative estimate of drug-likeness (QED) is 0.535. The lowest BCUT2D eigenvalue weighted by molar-refractivity contribution is -0.137. The number of benzene rings is 1. The highest BCUT2D eigenvalue weighted by molar-refractivity contribution is 6.67. The Morgan fingerprint density at radius 2 is 1.86 bits per heavy atom. The lowest BCUT2D eigenvalue weighted by Gasteiger charge is -2.06. The van der Waals surface area contributed by atoms with Crippen LogP contribution in [0.4, 0.5) is 13.2 Å². The predicted octanol–water partition coefficient (Wildman–Crippen LogP) is 2.52. The van der Waals surface area contributed by atoms with Gasteiger partial charge in [-0.1, -0.05) is 0 Å². The first-order valence-electron chi connectivity index (χ1n) is 3.44. The van der Waals surface area contributed by atoms with Gasteiger partial charge in [-0.25, -0.2) is 0 Å². The van der Waals surface area contributed by atoms with E-state index < -0.39 is 22.7 Å². The summed E-state index contributed by atoms with van der Waals surface area (Å²) >= 11 is 5.01. The lowest BCUT2D eigenvalue weighted by Crippen LogP contribution is -2.06. The molecule has 0 radical (unpaired) electrons. The van der Waals surface area contributed by atoms with E-state index in [1.807, 2.05) is 0 Å². The fourth-order valence-electron chi connectivity index (χ4n) is 0.905. The molecule has 76 valence electrons. The number of halogens is 4. The molecule has 0 saturated carbocycles. The first kappa shape index (κ1) is 10.8. The number of rotatable bonds is 1. The number of hydrogen-bond donors (Lipinski definition) is 0. The van der Waals surface area contributed by atoms with Crippen LogP contribution >= 0.6 is 11.6 Å². The van der Waals surface area contributed by atoms with Crippen LogP contribution < -0.4 is 0 Å². The fourth-order valence-corrected chi connectivity index (χ4v) is 1.01. The Morgan fingerprint density at radius 3 is 2.29 bits per heavy atom. The van der Waals surface area contributed by atoms with E-state index in [2.05, 4.69) is 0 Å². The van der Waals surface area contributed by atoms with Gasteiger partial charge < -0.3 is 5.11 Å². The van der Waals surface area contributed by atoms with Crippen molar-refractivity contribution in [1.29, 1.82) is 0 Å². The van der Waals surface area contributed by atoms with Crippen molar-refractivity contribution in [2.45, 2.75) is 6.18 Å². The summed E-state index contributed by atoms with van der Waals surface area (Å²) < 4.78 is 36.5. The summed E-state index contributed by atoms with van der Waals surface area (Å²) in [5, 5.41) is 6.03. The molecule has 0 bridgehead atoms. The molecule has 0 heterocycles. The maximum Gasteiger partial charge on any atom is 0.416 e. The van der Waals surface area contributed by atoms with E-state index in [0.717, 1.165) is 6.07 Å². The predicted molar refractivity (Wildman–Crippen MR) is 44.7 cm³/mol. The van der Waals surface area contributed by atoms with Gasteiger partial charge in [0, 0.05) is 17.7 Å². The van der Waals surface area contributed by atoms with Crippen LogP contribution in [0.1, 0.15) is 15.9 Å². The van der Waals surface area contributed by atoms with Gasteiger partial charge in [0.2, 0.25) is 0 Å². The first-order chi connectivity index (χ1) is 6.30. The van der Waals surface area contributed by atoms with Gasteiger partial charge in [0.05, 0.1) is 5.56 Å². The minimum absolute atomic E-state index is 0.327. The van der Waals surface area contributed by atoms with E-state index in [-0.39, 0.29) is 5.56 Å². The zero-order valence-electron chi connectivity index (χ0n) is 6.65. The summed E-state index contributed by atoms with van der Waals surface area (Å²) in [6, 6.07) is 2.22. The second-order valence-electron chi connectivity index (χ2n) is 2.57. The largest absolute Gasteiger partial charge is 0.593 e. The van der Waals surface area contributed by atoms with E-state index in [4.69, 9.17) is 16.7 Å². The second kappa shape index (κ2) is 3.49. The monoisotopic (exact) mass is 225 g/mol. The molecule has 0 aliphatic rings. The number of carbonyl (C=O) groups excluding carboxylic acids is 1. The van der Waals surface area contributed by atoms with E-state index >= 15 is 0 Å². The van der Waals surface area contributed by atoms with Crippen LogP contribution in [0.15, 0.2) is 18.2 Å². The molecule has 6 heteroatoms. The molecule has 0 saturated heterocycles. The average molecular weight is 226 g/mol. The second-order valence-corrected chi connectivity index (χ2v) is 2.91. The van der Waals surface area contributed by atoms with Crippen LogP contribution in [0.25, 0.3) is 0 Å². The minimum Gasteiger partial charge on any atom is -0.593 e. The van der Waals surface area contributed by atoms with Gasteiger partial charge in [-0.3, -0.25) is 4.79 Å². The summed E-state index contributed by atoms with van der Waals surface area (Å²) in [5.41, 5.74) is -1.37. The van der Waals surface area contributed by atoms with Crippen molar-refractivity contribution < 1.29 is 23.1 Å². The topological polar surface area (TPSA) is 40.0 Å². The third kappa shape index (κ3) is 2.38. The van der Waals surface area contributed by atoms with Gasteiger partial charge in [-0.05, 0) is 17.7 Å². The smallest absolute Gasteiger partial charge is 0.416 e. The molecule has 0 amide bonds. The van der Waals surface area contributed by atoms with Crippen molar-refractivity contribution in [3.8, 4) is 5.75 Å². The highest BCUT2D eigenvalue weighted by atomic mass is 35.5. The van der Waals surface area contributed by atoms with E-state index in [0.29, 0.717) is 12.1 Å². The maximum absolute atomic E-state index is 12.2. The molecule has 0 aromatic heterocycles. The summed E-state index contributed by atoms with van der Waals surface area (Å²) in [6.45, 7) is 0. The Balaban J connectivity index is 3.28. The number of hydrogen-bond acceptors (Lipinski definition) is 1. The van der Waals surface area contributed by atoms with Gasteiger partial charge in [-0.2, -0.15) is 13.2 Å². The lowest BCUT2D eigenvalue weighted by atomic mass is 10.1. The fraction of sp³-hybridized carbons (Fsp3) is 0.125. The van der Waals surface area contributed by atoms with Crippen LogP contribution in [-0.2, 0) is 6.18 Å². The molecule has 0 fully saturated rings. The van der Waals surface area contributed by atoms with Crippen LogP contribution in [0.2, 0.25) is 0 Å². The maximum atomic E-state index is 12.2. The molecule has 0 atom stereocenters. The highest BCUT2D eigenvalue weighted by Gasteiger charge is 2.32. The summed E-state index contributed by atoms with van der Waals surface area (Å²) in [5.74, 6) is -0.399. The zero-order valence-corrected chi connectivity index (χ0v) is 7.41.